The zero-order chi connectivity index (χ0) is 14.4. The Labute approximate surface area is 118 Å². The van der Waals surface area contributed by atoms with Crippen LogP contribution in [-0.2, 0) is 0 Å². The molecule has 1 aromatic carbocycles. The van der Waals surface area contributed by atoms with Gasteiger partial charge in [0.1, 0.15) is 5.75 Å². The summed E-state index contributed by atoms with van der Waals surface area (Å²) in [6.45, 7) is 4.65. The van der Waals surface area contributed by atoms with Crippen molar-refractivity contribution in [1.29, 1.82) is 0 Å². The van der Waals surface area contributed by atoms with Crippen LogP contribution in [0, 0.1) is 6.92 Å². The van der Waals surface area contributed by atoms with E-state index >= 15 is 0 Å². The summed E-state index contributed by atoms with van der Waals surface area (Å²) in [6.07, 6.45) is 2.17. The Morgan fingerprint density at radius 1 is 1.30 bits per heavy atom. The number of hydrogen-bond acceptors (Lipinski definition) is 4. The third-order valence-corrected chi connectivity index (χ3v) is 2.75. The first-order chi connectivity index (χ1) is 9.67. The Morgan fingerprint density at radius 3 is 2.70 bits per heavy atom. The first kappa shape index (κ1) is 14.1. The van der Waals surface area contributed by atoms with E-state index in [0.29, 0.717) is 11.6 Å². The van der Waals surface area contributed by atoms with E-state index in [9.17, 15) is 4.79 Å². The lowest BCUT2D eigenvalue weighted by molar-refractivity contribution is 0.309. The Hall–Kier alpha value is -2.30. The van der Waals surface area contributed by atoms with Crippen molar-refractivity contribution in [3.8, 4) is 5.75 Å². The molecule has 0 fully saturated rings. The van der Waals surface area contributed by atoms with Crippen LogP contribution in [-0.4, -0.2) is 16.6 Å². The molecule has 5 heteroatoms. The highest BCUT2D eigenvalue weighted by Gasteiger charge is 2.00. The number of nitrogens with zero attached hydrogens (tertiary/aromatic N) is 1. The number of anilines is 2. The highest BCUT2D eigenvalue weighted by atomic mass is 16.5. The molecule has 0 unspecified atom stereocenters. The number of unbranched alkanes of at least 4 members (excludes halogenated alkanes) is 1. The van der Waals surface area contributed by atoms with Gasteiger partial charge in [0, 0.05) is 17.4 Å². The molecule has 106 valence electrons. The Balaban J connectivity index is 2.01. The van der Waals surface area contributed by atoms with Crippen LogP contribution >= 0.6 is 0 Å². The number of aromatic amines is 1. The van der Waals surface area contributed by atoms with Crippen molar-refractivity contribution in [2.45, 2.75) is 26.7 Å². The lowest BCUT2D eigenvalue weighted by Gasteiger charge is -2.08. The minimum absolute atomic E-state index is 0.167. The van der Waals surface area contributed by atoms with Crippen LogP contribution in [0.5, 0.6) is 5.75 Å². The van der Waals surface area contributed by atoms with Crippen LogP contribution in [0.1, 0.15) is 25.5 Å². The fraction of sp³-hybridized carbons (Fsp3) is 0.333. The molecule has 1 aromatic heterocycles. The largest absolute Gasteiger partial charge is 0.494 e. The topological polar surface area (TPSA) is 67.0 Å². The van der Waals surface area contributed by atoms with E-state index in [4.69, 9.17) is 4.74 Å². The van der Waals surface area contributed by atoms with Crippen LogP contribution in [0.3, 0.4) is 0 Å². The van der Waals surface area contributed by atoms with Gasteiger partial charge in [0.25, 0.3) is 5.56 Å². The Morgan fingerprint density at radius 2 is 2.05 bits per heavy atom. The molecule has 1 heterocycles. The number of ether oxygens (including phenoxy) is 1. The van der Waals surface area contributed by atoms with Gasteiger partial charge in [-0.3, -0.25) is 9.78 Å². The maximum Gasteiger partial charge on any atom is 0.252 e. The maximum absolute atomic E-state index is 11.3. The normalized spacial score (nSPS) is 10.3. The molecule has 2 N–H and O–H groups in total. The number of benzene rings is 1. The highest BCUT2D eigenvalue weighted by Crippen LogP contribution is 2.18. The first-order valence-electron chi connectivity index (χ1n) is 6.75. The van der Waals surface area contributed by atoms with Gasteiger partial charge in [0.15, 0.2) is 0 Å². The van der Waals surface area contributed by atoms with Crippen LogP contribution < -0.4 is 15.6 Å². The summed E-state index contributed by atoms with van der Waals surface area (Å²) in [5.74, 6) is 1.28. The summed E-state index contributed by atoms with van der Waals surface area (Å²) in [6, 6.07) is 9.03. The molecule has 0 atom stereocenters. The molecule has 0 aliphatic carbocycles. The van der Waals surface area contributed by atoms with Crippen molar-refractivity contribution >= 4 is 11.6 Å². The van der Waals surface area contributed by atoms with Crippen molar-refractivity contribution in [1.82, 2.24) is 9.97 Å². The van der Waals surface area contributed by atoms with Crippen molar-refractivity contribution in [2.75, 3.05) is 11.9 Å². The molecule has 20 heavy (non-hydrogen) atoms. The van der Waals surface area contributed by atoms with E-state index in [1.807, 2.05) is 24.3 Å². The third kappa shape index (κ3) is 4.12. The van der Waals surface area contributed by atoms with E-state index in [-0.39, 0.29) is 5.56 Å². The summed E-state index contributed by atoms with van der Waals surface area (Å²) >= 11 is 0. The van der Waals surface area contributed by atoms with Crippen molar-refractivity contribution in [2.24, 2.45) is 0 Å². The molecule has 0 spiro atoms. The molecule has 0 aliphatic heterocycles. The standard InChI is InChI=1S/C15H19N3O2/c1-3-4-9-20-13-7-5-12(6-8-13)17-15-16-11(2)10-14(19)18-15/h5-8,10H,3-4,9H2,1-2H3,(H2,16,17,18,19). The summed E-state index contributed by atoms with van der Waals surface area (Å²) in [5, 5.41) is 3.06. The number of aromatic nitrogens is 2. The van der Waals surface area contributed by atoms with Gasteiger partial charge in [-0.1, -0.05) is 13.3 Å². The fourth-order valence-corrected chi connectivity index (χ4v) is 1.74. The molecular weight excluding hydrogens is 254 g/mol. The molecule has 0 aliphatic rings. The van der Waals surface area contributed by atoms with Gasteiger partial charge in [-0.05, 0) is 37.6 Å². The third-order valence-electron chi connectivity index (χ3n) is 2.75. The van der Waals surface area contributed by atoms with Crippen LogP contribution in [0.4, 0.5) is 11.6 Å². The molecular formula is C15H19N3O2. The van der Waals surface area contributed by atoms with Gasteiger partial charge in [-0.2, -0.15) is 0 Å². The Kier molecular flexibility index (Phi) is 4.76. The number of nitrogens with one attached hydrogen (secondary N) is 2. The number of rotatable bonds is 6. The number of aryl methyl sites for hydroxylation is 1. The Bertz CT molecular complexity index is 605. The SMILES string of the molecule is CCCCOc1ccc(Nc2nc(C)cc(=O)[nH]2)cc1. The van der Waals surface area contributed by atoms with Gasteiger partial charge < -0.3 is 10.1 Å². The highest BCUT2D eigenvalue weighted by molar-refractivity contribution is 5.54. The number of H-pyrrole nitrogens is 1. The van der Waals surface area contributed by atoms with E-state index in [1.165, 1.54) is 6.07 Å². The van der Waals surface area contributed by atoms with Gasteiger partial charge in [-0.25, -0.2) is 4.98 Å². The average Bonchev–Trinajstić information content (AvgIpc) is 2.40. The quantitative estimate of drug-likeness (QED) is 0.794. The smallest absolute Gasteiger partial charge is 0.252 e. The maximum atomic E-state index is 11.3. The minimum atomic E-state index is -0.167. The summed E-state index contributed by atoms with van der Waals surface area (Å²) < 4.78 is 5.59. The lowest BCUT2D eigenvalue weighted by atomic mass is 10.3. The van der Waals surface area contributed by atoms with E-state index in [2.05, 4.69) is 22.2 Å². The summed E-state index contributed by atoms with van der Waals surface area (Å²) in [5.41, 5.74) is 1.36. The van der Waals surface area contributed by atoms with Gasteiger partial charge in [0.05, 0.1) is 6.61 Å². The molecule has 2 rings (SSSR count). The molecule has 2 aromatic rings. The second-order valence-corrected chi connectivity index (χ2v) is 4.59. The van der Waals surface area contributed by atoms with Crippen LogP contribution in [0.15, 0.2) is 35.1 Å². The fourth-order valence-electron chi connectivity index (χ4n) is 1.74. The van der Waals surface area contributed by atoms with Crippen molar-refractivity contribution < 1.29 is 4.74 Å². The first-order valence-corrected chi connectivity index (χ1v) is 6.75. The van der Waals surface area contributed by atoms with Gasteiger partial charge in [0.2, 0.25) is 5.95 Å². The van der Waals surface area contributed by atoms with Gasteiger partial charge in [-0.15, -0.1) is 0 Å². The van der Waals surface area contributed by atoms with Crippen LogP contribution in [0.25, 0.3) is 0 Å². The van der Waals surface area contributed by atoms with Crippen molar-refractivity contribution in [3.63, 3.8) is 0 Å². The molecule has 0 bridgehead atoms. The predicted molar refractivity (Wildman–Crippen MR) is 79.7 cm³/mol. The monoisotopic (exact) mass is 273 g/mol. The molecule has 0 amide bonds. The minimum Gasteiger partial charge on any atom is -0.494 e. The van der Waals surface area contributed by atoms with E-state index < -0.39 is 0 Å². The molecule has 0 radical (unpaired) electrons. The molecule has 0 saturated carbocycles. The lowest BCUT2D eigenvalue weighted by Crippen LogP contribution is -2.10. The second-order valence-electron chi connectivity index (χ2n) is 4.59. The van der Waals surface area contributed by atoms with Crippen molar-refractivity contribution in [3.05, 3.63) is 46.4 Å². The predicted octanol–water partition coefficient (Wildman–Crippen LogP) is 3.00. The zero-order valence-corrected chi connectivity index (χ0v) is 11.8. The summed E-state index contributed by atoms with van der Waals surface area (Å²) in [4.78, 5) is 18.2. The van der Waals surface area contributed by atoms with E-state index in [0.717, 1.165) is 30.9 Å². The second kappa shape index (κ2) is 6.75. The molecule has 5 nitrogen and oxygen atoms in total. The number of hydrogen-bond donors (Lipinski definition) is 2. The summed E-state index contributed by atoms with van der Waals surface area (Å²) in [7, 11) is 0. The average molecular weight is 273 g/mol. The molecule has 0 saturated heterocycles. The zero-order valence-electron chi connectivity index (χ0n) is 11.8. The van der Waals surface area contributed by atoms with Crippen LogP contribution in [0.2, 0.25) is 0 Å². The van der Waals surface area contributed by atoms with E-state index in [1.54, 1.807) is 6.92 Å². The van der Waals surface area contributed by atoms with Gasteiger partial charge >= 0.3 is 0 Å².